The molecule has 0 fully saturated rings. The maximum Gasteiger partial charge on any atom is 0.199 e. The van der Waals surface area contributed by atoms with Crippen molar-refractivity contribution in [3.8, 4) is 0 Å². The molecule has 1 heterocycles. The van der Waals surface area contributed by atoms with Crippen LogP contribution in [0.5, 0.6) is 0 Å². The number of furan rings is 1. The first-order valence-electron chi connectivity index (χ1n) is 7.98. The Morgan fingerprint density at radius 3 is 2.50 bits per heavy atom. The number of nitrogens with zero attached hydrogens (tertiary/aromatic N) is 1. The molecule has 0 saturated heterocycles. The van der Waals surface area contributed by atoms with Gasteiger partial charge in [0.15, 0.2) is 11.5 Å². The van der Waals surface area contributed by atoms with Crippen LogP contribution in [0.15, 0.2) is 53.1 Å². The Labute approximate surface area is 132 Å². The van der Waals surface area contributed by atoms with Crippen LogP contribution in [-0.2, 0) is 6.54 Å². The Morgan fingerprint density at radius 2 is 1.86 bits per heavy atom. The second kappa shape index (κ2) is 8.54. The summed E-state index contributed by atoms with van der Waals surface area (Å²) in [5.41, 5.74) is 1.29. The number of Topliss-reactive ketones (excluding diaryl/α,β-unsaturated/α-hetero) is 1. The molecule has 1 aromatic carbocycles. The van der Waals surface area contributed by atoms with Crippen LogP contribution in [0.1, 0.15) is 42.8 Å². The third kappa shape index (κ3) is 5.49. The largest absolute Gasteiger partial charge is 0.461 e. The predicted molar refractivity (Wildman–Crippen MR) is 88.8 cm³/mol. The van der Waals surface area contributed by atoms with Gasteiger partial charge >= 0.3 is 0 Å². The Balaban J connectivity index is 1.90. The lowest BCUT2D eigenvalue weighted by Gasteiger charge is -2.23. The first kappa shape index (κ1) is 16.5. The molecule has 2 aromatic rings. The summed E-state index contributed by atoms with van der Waals surface area (Å²) in [7, 11) is 0. The molecule has 0 saturated carbocycles. The molecule has 0 aliphatic heterocycles. The van der Waals surface area contributed by atoms with Crippen LogP contribution >= 0.6 is 0 Å². The second-order valence-electron chi connectivity index (χ2n) is 6.09. The molecule has 0 N–H and O–H groups in total. The summed E-state index contributed by atoms with van der Waals surface area (Å²) in [6, 6.07) is 13.9. The molecule has 3 nitrogen and oxygen atoms in total. The summed E-state index contributed by atoms with van der Waals surface area (Å²) in [4.78, 5) is 14.4. The summed E-state index contributed by atoms with van der Waals surface area (Å²) in [5, 5.41) is 0. The van der Waals surface area contributed by atoms with Crippen molar-refractivity contribution in [1.82, 2.24) is 4.90 Å². The molecule has 0 spiro atoms. The van der Waals surface area contributed by atoms with Crippen LogP contribution in [0.3, 0.4) is 0 Å². The van der Waals surface area contributed by atoms with Crippen molar-refractivity contribution in [2.24, 2.45) is 5.92 Å². The molecule has 0 amide bonds. The van der Waals surface area contributed by atoms with E-state index in [9.17, 15) is 4.79 Å². The summed E-state index contributed by atoms with van der Waals surface area (Å²) >= 11 is 0. The number of rotatable bonds is 9. The highest BCUT2D eigenvalue weighted by molar-refractivity contribution is 5.93. The van der Waals surface area contributed by atoms with E-state index in [4.69, 9.17) is 4.42 Å². The monoisotopic (exact) mass is 299 g/mol. The van der Waals surface area contributed by atoms with Gasteiger partial charge in [0.05, 0.1) is 6.26 Å². The van der Waals surface area contributed by atoms with Crippen molar-refractivity contribution in [3.05, 3.63) is 60.1 Å². The smallest absolute Gasteiger partial charge is 0.199 e. The Hall–Kier alpha value is -1.87. The van der Waals surface area contributed by atoms with E-state index in [-0.39, 0.29) is 5.78 Å². The van der Waals surface area contributed by atoms with Crippen molar-refractivity contribution in [2.75, 3.05) is 13.1 Å². The minimum Gasteiger partial charge on any atom is -0.461 e. The van der Waals surface area contributed by atoms with Crippen molar-refractivity contribution in [3.63, 3.8) is 0 Å². The molecule has 118 valence electrons. The molecule has 0 atom stereocenters. The maximum atomic E-state index is 12.1. The van der Waals surface area contributed by atoms with E-state index in [0.717, 1.165) is 26.1 Å². The van der Waals surface area contributed by atoms with Crippen molar-refractivity contribution >= 4 is 5.78 Å². The van der Waals surface area contributed by atoms with Gasteiger partial charge in [0.1, 0.15) is 0 Å². The zero-order chi connectivity index (χ0) is 15.8. The maximum absolute atomic E-state index is 12.1. The van der Waals surface area contributed by atoms with E-state index < -0.39 is 0 Å². The normalized spacial score (nSPS) is 11.3. The van der Waals surface area contributed by atoms with E-state index in [1.807, 2.05) is 6.07 Å². The molecule has 0 aliphatic carbocycles. The fraction of sp³-hybridized carbons (Fsp3) is 0.421. The van der Waals surface area contributed by atoms with E-state index >= 15 is 0 Å². The predicted octanol–water partition coefficient (Wildman–Crippen LogP) is 4.40. The van der Waals surface area contributed by atoms with E-state index in [1.165, 1.54) is 5.56 Å². The molecule has 3 heteroatoms. The van der Waals surface area contributed by atoms with E-state index in [0.29, 0.717) is 18.1 Å². The van der Waals surface area contributed by atoms with Gasteiger partial charge in [-0.3, -0.25) is 9.69 Å². The average molecular weight is 299 g/mol. The van der Waals surface area contributed by atoms with Gasteiger partial charge in [-0.1, -0.05) is 44.2 Å². The van der Waals surface area contributed by atoms with Crippen LogP contribution in [0.4, 0.5) is 0 Å². The molecule has 2 rings (SSSR count). The van der Waals surface area contributed by atoms with Crippen LogP contribution in [-0.4, -0.2) is 23.8 Å². The fourth-order valence-electron chi connectivity index (χ4n) is 2.37. The average Bonchev–Trinajstić information content (AvgIpc) is 3.05. The standard InChI is InChI=1S/C19H25NO2/c1-16(2)10-12-20(15-17-7-4-3-5-8-17)13-11-18(21)19-9-6-14-22-19/h3-9,14,16H,10-13,15H2,1-2H3. The SMILES string of the molecule is CC(C)CCN(CCC(=O)c1ccco1)Cc1ccccc1. The van der Waals surface area contributed by atoms with E-state index in [1.54, 1.807) is 18.4 Å². The first-order chi connectivity index (χ1) is 10.6. The summed E-state index contributed by atoms with van der Waals surface area (Å²) in [6.07, 6.45) is 3.19. The molecule has 0 unspecified atom stereocenters. The molecule has 0 aliphatic rings. The quantitative estimate of drug-likeness (QED) is 0.643. The van der Waals surface area contributed by atoms with Crippen molar-refractivity contribution < 1.29 is 9.21 Å². The lowest BCUT2D eigenvalue weighted by molar-refractivity contribution is 0.0934. The van der Waals surface area contributed by atoms with Gasteiger partial charge in [0.2, 0.25) is 0 Å². The van der Waals surface area contributed by atoms with Gasteiger partial charge in [0, 0.05) is 19.5 Å². The fourth-order valence-corrected chi connectivity index (χ4v) is 2.37. The number of carbonyl (C=O) groups is 1. The van der Waals surface area contributed by atoms with Crippen molar-refractivity contribution in [2.45, 2.75) is 33.2 Å². The molecule has 22 heavy (non-hydrogen) atoms. The number of hydrogen-bond acceptors (Lipinski definition) is 3. The molecule has 0 bridgehead atoms. The van der Waals surface area contributed by atoms with Gasteiger partial charge in [-0.05, 0) is 36.6 Å². The number of ketones is 1. The molecule has 1 aromatic heterocycles. The summed E-state index contributed by atoms with van der Waals surface area (Å²) < 4.78 is 5.18. The molecular weight excluding hydrogens is 274 g/mol. The second-order valence-corrected chi connectivity index (χ2v) is 6.09. The molecule has 0 radical (unpaired) electrons. The minimum atomic E-state index is 0.0765. The summed E-state index contributed by atoms with van der Waals surface area (Å²) in [6.45, 7) is 7.13. The highest BCUT2D eigenvalue weighted by Gasteiger charge is 2.13. The summed E-state index contributed by atoms with van der Waals surface area (Å²) in [5.74, 6) is 1.20. The number of hydrogen-bond donors (Lipinski definition) is 0. The molecular formula is C19H25NO2. The lowest BCUT2D eigenvalue weighted by atomic mass is 10.1. The lowest BCUT2D eigenvalue weighted by Crippen LogP contribution is -2.28. The Morgan fingerprint density at radius 1 is 1.09 bits per heavy atom. The zero-order valence-electron chi connectivity index (χ0n) is 13.5. The Bertz CT molecular complexity index is 546. The Kier molecular flexibility index (Phi) is 6.41. The highest BCUT2D eigenvalue weighted by atomic mass is 16.3. The topological polar surface area (TPSA) is 33.5 Å². The van der Waals surface area contributed by atoms with Crippen molar-refractivity contribution in [1.29, 1.82) is 0 Å². The van der Waals surface area contributed by atoms with Gasteiger partial charge in [-0.25, -0.2) is 0 Å². The van der Waals surface area contributed by atoms with Gasteiger partial charge in [0.25, 0.3) is 0 Å². The van der Waals surface area contributed by atoms with Crippen LogP contribution in [0.25, 0.3) is 0 Å². The van der Waals surface area contributed by atoms with E-state index in [2.05, 4.69) is 43.0 Å². The number of benzene rings is 1. The first-order valence-corrected chi connectivity index (χ1v) is 7.98. The highest BCUT2D eigenvalue weighted by Crippen LogP contribution is 2.11. The van der Waals surface area contributed by atoms with Gasteiger partial charge in [-0.15, -0.1) is 0 Å². The zero-order valence-corrected chi connectivity index (χ0v) is 13.5. The van der Waals surface area contributed by atoms with Crippen LogP contribution in [0.2, 0.25) is 0 Å². The third-order valence-corrected chi connectivity index (χ3v) is 3.72. The third-order valence-electron chi connectivity index (χ3n) is 3.72. The van der Waals surface area contributed by atoms with Crippen LogP contribution in [0, 0.1) is 5.92 Å². The van der Waals surface area contributed by atoms with Gasteiger partial charge in [-0.2, -0.15) is 0 Å². The minimum absolute atomic E-state index is 0.0765. The van der Waals surface area contributed by atoms with Crippen LogP contribution < -0.4 is 0 Å². The number of carbonyl (C=O) groups excluding carboxylic acids is 1. The van der Waals surface area contributed by atoms with Gasteiger partial charge < -0.3 is 4.42 Å².